The predicted molar refractivity (Wildman–Crippen MR) is 43.5 cm³/mol. The largest absolute Gasteiger partial charge is 0.212 e. The molecule has 1 atom stereocenters. The lowest BCUT2D eigenvalue weighted by atomic mass is 10.4. The SMILES string of the molecule is C[C@@H]1CSCN1S(C)(=O)=O. The quantitative estimate of drug-likeness (QED) is 0.585. The molecule has 0 aromatic carbocycles. The van der Waals surface area contributed by atoms with Crippen molar-refractivity contribution in [3.05, 3.63) is 0 Å². The minimum atomic E-state index is -2.94. The van der Waals surface area contributed by atoms with Crippen molar-refractivity contribution in [3.63, 3.8) is 0 Å². The molecular formula is C5H11NO2S2. The second kappa shape index (κ2) is 2.71. The summed E-state index contributed by atoms with van der Waals surface area (Å²) in [6, 6.07) is 0.181. The molecule has 10 heavy (non-hydrogen) atoms. The van der Waals surface area contributed by atoms with E-state index in [-0.39, 0.29) is 6.04 Å². The molecule has 1 fully saturated rings. The van der Waals surface area contributed by atoms with Gasteiger partial charge in [-0.2, -0.15) is 4.31 Å². The summed E-state index contributed by atoms with van der Waals surface area (Å²) in [5, 5.41) is 0. The maximum absolute atomic E-state index is 11.0. The number of nitrogens with zero attached hydrogens (tertiary/aromatic N) is 1. The van der Waals surface area contributed by atoms with Crippen molar-refractivity contribution in [2.75, 3.05) is 17.9 Å². The Kier molecular flexibility index (Phi) is 2.27. The first-order chi connectivity index (χ1) is 4.52. The molecule has 0 N–H and O–H groups in total. The molecule has 1 heterocycles. The van der Waals surface area contributed by atoms with Crippen LogP contribution in [0.1, 0.15) is 6.92 Å². The topological polar surface area (TPSA) is 37.4 Å². The summed E-state index contributed by atoms with van der Waals surface area (Å²) < 4.78 is 23.4. The molecule has 0 aliphatic carbocycles. The Hall–Kier alpha value is 0.260. The molecule has 0 saturated carbocycles. The van der Waals surface area contributed by atoms with Crippen molar-refractivity contribution in [1.29, 1.82) is 0 Å². The van der Waals surface area contributed by atoms with Gasteiger partial charge < -0.3 is 0 Å². The molecule has 0 aromatic rings. The summed E-state index contributed by atoms with van der Waals surface area (Å²) in [7, 11) is -2.94. The molecule has 3 nitrogen and oxygen atoms in total. The first kappa shape index (κ1) is 8.36. The van der Waals surface area contributed by atoms with Gasteiger partial charge in [0.2, 0.25) is 10.0 Å². The van der Waals surface area contributed by atoms with Crippen molar-refractivity contribution < 1.29 is 8.42 Å². The molecule has 1 rings (SSSR count). The van der Waals surface area contributed by atoms with Crippen molar-refractivity contribution in [3.8, 4) is 0 Å². The summed E-state index contributed by atoms with van der Waals surface area (Å²) in [5.74, 6) is 1.55. The first-order valence-corrected chi connectivity index (χ1v) is 6.06. The minimum Gasteiger partial charge on any atom is -0.212 e. The van der Waals surface area contributed by atoms with Gasteiger partial charge in [-0.1, -0.05) is 0 Å². The lowest BCUT2D eigenvalue weighted by Crippen LogP contribution is -2.33. The third-order valence-electron chi connectivity index (χ3n) is 1.50. The minimum absolute atomic E-state index is 0.181. The third kappa shape index (κ3) is 1.65. The van der Waals surface area contributed by atoms with Crippen LogP contribution in [-0.2, 0) is 10.0 Å². The molecule has 1 aliphatic rings. The van der Waals surface area contributed by atoms with Gasteiger partial charge >= 0.3 is 0 Å². The fourth-order valence-corrected chi connectivity index (χ4v) is 3.82. The summed E-state index contributed by atoms with van der Waals surface area (Å²) in [4.78, 5) is 0. The Labute approximate surface area is 65.8 Å². The molecular weight excluding hydrogens is 170 g/mol. The molecule has 60 valence electrons. The zero-order valence-electron chi connectivity index (χ0n) is 6.07. The van der Waals surface area contributed by atoms with E-state index in [2.05, 4.69) is 0 Å². The summed E-state index contributed by atoms with van der Waals surface area (Å²) in [5.41, 5.74) is 0. The maximum atomic E-state index is 11.0. The highest BCUT2D eigenvalue weighted by atomic mass is 32.2. The number of sulfonamides is 1. The van der Waals surface area contributed by atoms with Crippen molar-refractivity contribution in [2.45, 2.75) is 13.0 Å². The van der Waals surface area contributed by atoms with E-state index in [4.69, 9.17) is 0 Å². The zero-order valence-corrected chi connectivity index (χ0v) is 7.70. The van der Waals surface area contributed by atoms with Gasteiger partial charge in [-0.05, 0) is 6.92 Å². The van der Waals surface area contributed by atoms with Crippen molar-refractivity contribution in [2.24, 2.45) is 0 Å². The summed E-state index contributed by atoms with van der Waals surface area (Å²) in [6.07, 6.45) is 1.26. The Morgan fingerprint density at radius 3 is 2.40 bits per heavy atom. The highest BCUT2D eigenvalue weighted by Gasteiger charge is 2.27. The fraction of sp³-hybridized carbons (Fsp3) is 1.00. The van der Waals surface area contributed by atoms with Gasteiger partial charge in [0.25, 0.3) is 0 Å². The van der Waals surface area contributed by atoms with Crippen LogP contribution in [0, 0.1) is 0 Å². The average molecular weight is 181 g/mol. The number of hydrogen-bond acceptors (Lipinski definition) is 3. The molecule has 0 unspecified atom stereocenters. The average Bonchev–Trinajstić information content (AvgIpc) is 2.11. The Balaban J connectivity index is 2.74. The number of hydrogen-bond donors (Lipinski definition) is 0. The highest BCUT2D eigenvalue weighted by molar-refractivity contribution is 8.00. The standard InChI is InChI=1S/C5H11NO2S2/c1-5-3-9-4-6(5)10(2,7)8/h5H,3-4H2,1-2H3/t5-/m1/s1. The Morgan fingerprint density at radius 2 is 2.20 bits per heavy atom. The number of thioether (sulfide) groups is 1. The van der Waals surface area contributed by atoms with E-state index in [1.807, 2.05) is 6.92 Å². The van der Waals surface area contributed by atoms with Gasteiger partial charge in [0.15, 0.2) is 0 Å². The zero-order chi connectivity index (χ0) is 7.78. The lowest BCUT2D eigenvalue weighted by Gasteiger charge is -2.16. The molecule has 1 saturated heterocycles. The first-order valence-electron chi connectivity index (χ1n) is 3.06. The fourth-order valence-electron chi connectivity index (χ4n) is 0.946. The third-order valence-corrected chi connectivity index (χ3v) is 4.18. The molecule has 0 radical (unpaired) electrons. The van der Waals surface area contributed by atoms with E-state index in [9.17, 15) is 8.42 Å². The molecule has 0 aromatic heterocycles. The van der Waals surface area contributed by atoms with Crippen LogP contribution in [0.25, 0.3) is 0 Å². The van der Waals surface area contributed by atoms with Crippen LogP contribution >= 0.6 is 11.8 Å². The van der Waals surface area contributed by atoms with E-state index < -0.39 is 10.0 Å². The van der Waals surface area contributed by atoms with Crippen LogP contribution < -0.4 is 0 Å². The number of rotatable bonds is 1. The summed E-state index contributed by atoms with van der Waals surface area (Å²) >= 11 is 1.66. The molecule has 0 spiro atoms. The second-order valence-electron chi connectivity index (χ2n) is 2.50. The van der Waals surface area contributed by atoms with Crippen LogP contribution in [0.5, 0.6) is 0 Å². The van der Waals surface area contributed by atoms with E-state index >= 15 is 0 Å². The van der Waals surface area contributed by atoms with Crippen molar-refractivity contribution in [1.82, 2.24) is 4.31 Å². The molecule has 5 heteroatoms. The van der Waals surface area contributed by atoms with Gasteiger partial charge in [0.05, 0.1) is 12.1 Å². The van der Waals surface area contributed by atoms with Crippen LogP contribution in [0.4, 0.5) is 0 Å². The molecule has 0 amide bonds. The van der Waals surface area contributed by atoms with Gasteiger partial charge in [-0.15, -0.1) is 11.8 Å². The van der Waals surface area contributed by atoms with E-state index in [0.29, 0.717) is 5.88 Å². The Morgan fingerprint density at radius 1 is 1.60 bits per heavy atom. The van der Waals surface area contributed by atoms with E-state index in [1.54, 1.807) is 11.8 Å². The molecule has 1 aliphatic heterocycles. The van der Waals surface area contributed by atoms with Gasteiger partial charge in [-0.25, -0.2) is 8.42 Å². The van der Waals surface area contributed by atoms with Gasteiger partial charge in [-0.3, -0.25) is 0 Å². The van der Waals surface area contributed by atoms with Crippen molar-refractivity contribution >= 4 is 21.8 Å². The highest BCUT2D eigenvalue weighted by Crippen LogP contribution is 2.22. The van der Waals surface area contributed by atoms with Gasteiger partial charge in [0, 0.05) is 11.8 Å². The van der Waals surface area contributed by atoms with Crippen LogP contribution in [0.2, 0.25) is 0 Å². The van der Waals surface area contributed by atoms with E-state index in [0.717, 1.165) is 5.75 Å². The Bertz CT molecular complexity index is 212. The van der Waals surface area contributed by atoms with Crippen LogP contribution in [0.3, 0.4) is 0 Å². The van der Waals surface area contributed by atoms with E-state index in [1.165, 1.54) is 10.6 Å². The monoisotopic (exact) mass is 181 g/mol. The maximum Gasteiger partial charge on any atom is 0.212 e. The predicted octanol–water partition coefficient (Wildman–Crippen LogP) is 0.341. The normalized spacial score (nSPS) is 29.2. The molecule has 0 bridgehead atoms. The second-order valence-corrected chi connectivity index (χ2v) is 5.43. The smallest absolute Gasteiger partial charge is 0.212 e. The van der Waals surface area contributed by atoms with Crippen LogP contribution in [0.15, 0.2) is 0 Å². The van der Waals surface area contributed by atoms with Gasteiger partial charge in [0.1, 0.15) is 0 Å². The van der Waals surface area contributed by atoms with Crippen LogP contribution in [-0.4, -0.2) is 36.7 Å². The summed E-state index contributed by atoms with van der Waals surface area (Å²) in [6.45, 7) is 1.93. The lowest BCUT2D eigenvalue weighted by molar-refractivity contribution is 0.424.